The van der Waals surface area contributed by atoms with Crippen LogP contribution in [0.3, 0.4) is 0 Å². The molecule has 0 atom stereocenters. The summed E-state index contributed by atoms with van der Waals surface area (Å²) >= 11 is 0. The number of carbonyl (C=O) groups excluding carboxylic acids is 1. The van der Waals surface area contributed by atoms with Gasteiger partial charge in [0.2, 0.25) is 0 Å². The molecule has 0 fully saturated rings. The zero-order valence-corrected chi connectivity index (χ0v) is 13.3. The largest absolute Gasteiger partial charge is 0.510 e. The second kappa shape index (κ2) is 6.45. The maximum Gasteiger partial charge on any atom is 0.183 e. The van der Waals surface area contributed by atoms with Crippen molar-refractivity contribution in [2.45, 2.75) is 13.8 Å². The van der Waals surface area contributed by atoms with Gasteiger partial charge in [0.25, 0.3) is 0 Å². The third-order valence-electron chi connectivity index (χ3n) is 3.47. The number of nitrogens with zero attached hydrogens (tertiary/aromatic N) is 3. The normalized spacial score (nSPS) is 12.6. The zero-order chi connectivity index (χ0) is 17.1. The number of aliphatic hydroxyl groups excluding tert-OH is 1. The number of imidazole rings is 1. The lowest BCUT2D eigenvalue weighted by Gasteiger charge is -1.99. The summed E-state index contributed by atoms with van der Waals surface area (Å²) in [4.78, 5) is 19.1. The molecular weight excluding hydrogens is 304 g/mol. The molecule has 0 saturated carbocycles. The molecule has 0 saturated heterocycles. The summed E-state index contributed by atoms with van der Waals surface area (Å²) in [6, 6.07) is 15.1. The average molecular weight is 320 g/mol. The van der Waals surface area contributed by atoms with Crippen molar-refractivity contribution in [1.82, 2.24) is 9.97 Å². The molecule has 6 heteroatoms. The standard InChI is InChI=1S/C18H16N4O2/c1-11(23)17(12(2)24)22-21-14-9-7-13(8-10-14)18-19-15-5-3-4-6-16(15)20-18/h3-10,23H,1-2H3,(H,19,20)/b17-11-,22-21?. The van der Waals surface area contributed by atoms with Gasteiger partial charge in [0, 0.05) is 12.5 Å². The number of hydrogen-bond donors (Lipinski definition) is 2. The van der Waals surface area contributed by atoms with Crippen LogP contribution in [0.5, 0.6) is 0 Å². The monoisotopic (exact) mass is 320 g/mol. The topological polar surface area (TPSA) is 90.7 Å². The van der Waals surface area contributed by atoms with Crippen LogP contribution in [0.2, 0.25) is 0 Å². The minimum atomic E-state index is -0.336. The summed E-state index contributed by atoms with van der Waals surface area (Å²) in [7, 11) is 0. The van der Waals surface area contributed by atoms with Crippen LogP contribution in [-0.4, -0.2) is 20.9 Å². The number of aromatic amines is 1. The molecule has 3 aromatic rings. The van der Waals surface area contributed by atoms with E-state index in [9.17, 15) is 9.90 Å². The summed E-state index contributed by atoms with van der Waals surface area (Å²) in [5.41, 5.74) is 3.34. The van der Waals surface area contributed by atoms with Crippen LogP contribution in [0.15, 0.2) is 70.2 Å². The first-order chi connectivity index (χ1) is 11.5. The Bertz CT molecular complexity index is 916. The van der Waals surface area contributed by atoms with Gasteiger partial charge in [0.15, 0.2) is 11.5 Å². The SMILES string of the molecule is CC(=O)/C(N=Nc1ccc(-c2nc3ccccc3[nH]2)cc1)=C(\C)O. The molecule has 2 aromatic carbocycles. The second-order valence-corrected chi connectivity index (χ2v) is 5.34. The van der Waals surface area contributed by atoms with Gasteiger partial charge < -0.3 is 10.1 Å². The molecule has 0 amide bonds. The highest BCUT2D eigenvalue weighted by molar-refractivity contribution is 5.93. The Morgan fingerprint density at radius 2 is 1.79 bits per heavy atom. The van der Waals surface area contributed by atoms with Crippen molar-refractivity contribution in [2.24, 2.45) is 10.2 Å². The number of azo groups is 1. The highest BCUT2D eigenvalue weighted by atomic mass is 16.3. The average Bonchev–Trinajstić information content (AvgIpc) is 2.99. The predicted octanol–water partition coefficient (Wildman–Crippen LogP) is 4.69. The van der Waals surface area contributed by atoms with Gasteiger partial charge in [-0.25, -0.2) is 4.98 Å². The number of para-hydroxylation sites is 2. The number of rotatable bonds is 4. The van der Waals surface area contributed by atoms with Crippen molar-refractivity contribution in [2.75, 3.05) is 0 Å². The van der Waals surface area contributed by atoms with E-state index in [1.807, 2.05) is 36.4 Å². The van der Waals surface area contributed by atoms with E-state index in [1.165, 1.54) is 13.8 Å². The van der Waals surface area contributed by atoms with Gasteiger partial charge >= 0.3 is 0 Å². The minimum Gasteiger partial charge on any atom is -0.510 e. The van der Waals surface area contributed by atoms with Gasteiger partial charge in [-0.2, -0.15) is 5.11 Å². The molecule has 0 aliphatic heterocycles. The number of carbonyl (C=O) groups is 1. The third kappa shape index (κ3) is 3.22. The Kier molecular flexibility index (Phi) is 4.20. The highest BCUT2D eigenvalue weighted by Crippen LogP contribution is 2.23. The van der Waals surface area contributed by atoms with Crippen LogP contribution >= 0.6 is 0 Å². The predicted molar refractivity (Wildman–Crippen MR) is 92.1 cm³/mol. The fraction of sp³-hybridized carbons (Fsp3) is 0.111. The molecule has 24 heavy (non-hydrogen) atoms. The molecule has 0 radical (unpaired) electrons. The number of Topliss-reactive ketones (excluding diaryl/α,β-unsaturated/α-hetero) is 1. The molecule has 2 N–H and O–H groups in total. The van der Waals surface area contributed by atoms with Crippen molar-refractivity contribution in [3.63, 3.8) is 0 Å². The van der Waals surface area contributed by atoms with Crippen LogP contribution < -0.4 is 0 Å². The Labute approximate surface area is 138 Å². The van der Waals surface area contributed by atoms with Crippen LogP contribution in [0.1, 0.15) is 13.8 Å². The quantitative estimate of drug-likeness (QED) is 0.415. The number of aromatic nitrogens is 2. The van der Waals surface area contributed by atoms with Crippen LogP contribution in [-0.2, 0) is 4.79 Å². The Hall–Kier alpha value is -3.28. The molecule has 0 aliphatic carbocycles. The minimum absolute atomic E-state index is 0.0450. The summed E-state index contributed by atoms with van der Waals surface area (Å²) < 4.78 is 0. The van der Waals surface area contributed by atoms with Crippen molar-refractivity contribution < 1.29 is 9.90 Å². The Morgan fingerprint density at radius 3 is 2.42 bits per heavy atom. The molecule has 1 aromatic heterocycles. The number of hydrogen-bond acceptors (Lipinski definition) is 5. The van der Waals surface area contributed by atoms with Crippen molar-refractivity contribution in [3.8, 4) is 11.4 Å². The van der Waals surface area contributed by atoms with Crippen molar-refractivity contribution in [1.29, 1.82) is 0 Å². The Balaban J connectivity index is 1.85. The van der Waals surface area contributed by atoms with E-state index in [0.717, 1.165) is 22.4 Å². The van der Waals surface area contributed by atoms with Crippen molar-refractivity contribution >= 4 is 22.5 Å². The molecule has 120 valence electrons. The number of allylic oxidation sites excluding steroid dienone is 2. The lowest BCUT2D eigenvalue weighted by Crippen LogP contribution is -1.96. The second-order valence-electron chi connectivity index (χ2n) is 5.34. The lowest BCUT2D eigenvalue weighted by molar-refractivity contribution is -0.113. The smallest absolute Gasteiger partial charge is 0.183 e. The van der Waals surface area contributed by atoms with E-state index >= 15 is 0 Å². The van der Waals surface area contributed by atoms with E-state index in [0.29, 0.717) is 5.69 Å². The third-order valence-corrected chi connectivity index (χ3v) is 3.47. The lowest BCUT2D eigenvalue weighted by atomic mass is 10.2. The van der Waals surface area contributed by atoms with Gasteiger partial charge in [0.05, 0.1) is 16.7 Å². The van der Waals surface area contributed by atoms with Gasteiger partial charge in [-0.3, -0.25) is 4.79 Å². The highest BCUT2D eigenvalue weighted by Gasteiger charge is 2.07. The zero-order valence-electron chi connectivity index (χ0n) is 13.3. The van der Waals surface area contributed by atoms with E-state index in [-0.39, 0.29) is 17.2 Å². The number of ketones is 1. The van der Waals surface area contributed by atoms with E-state index < -0.39 is 0 Å². The number of aliphatic hydroxyl groups is 1. The summed E-state index contributed by atoms with van der Waals surface area (Å²) in [5.74, 6) is 0.290. The maximum absolute atomic E-state index is 11.3. The first kappa shape index (κ1) is 15.6. The Morgan fingerprint density at radius 1 is 1.08 bits per heavy atom. The van der Waals surface area contributed by atoms with Crippen LogP contribution in [0.25, 0.3) is 22.4 Å². The fourth-order valence-corrected chi connectivity index (χ4v) is 2.28. The molecule has 1 heterocycles. The first-order valence-electron chi connectivity index (χ1n) is 7.42. The number of nitrogens with one attached hydrogen (secondary N) is 1. The van der Waals surface area contributed by atoms with Gasteiger partial charge in [-0.1, -0.05) is 12.1 Å². The maximum atomic E-state index is 11.3. The van der Waals surface area contributed by atoms with Crippen molar-refractivity contribution in [3.05, 3.63) is 60.0 Å². The molecule has 3 rings (SSSR count). The summed E-state index contributed by atoms with van der Waals surface area (Å²) in [6.45, 7) is 2.74. The number of fused-ring (bicyclic) bond motifs is 1. The number of H-pyrrole nitrogens is 1. The van der Waals surface area contributed by atoms with E-state index in [2.05, 4.69) is 20.2 Å². The molecular formula is C18H16N4O2. The first-order valence-corrected chi connectivity index (χ1v) is 7.42. The van der Waals surface area contributed by atoms with Crippen LogP contribution in [0, 0.1) is 0 Å². The van der Waals surface area contributed by atoms with Gasteiger partial charge in [0.1, 0.15) is 11.6 Å². The molecule has 0 bridgehead atoms. The number of benzene rings is 2. The summed E-state index contributed by atoms with van der Waals surface area (Å²) in [5, 5.41) is 17.2. The van der Waals surface area contributed by atoms with Gasteiger partial charge in [-0.05, 0) is 43.3 Å². The molecule has 0 spiro atoms. The van der Waals surface area contributed by atoms with Crippen LogP contribution in [0.4, 0.5) is 5.69 Å². The molecule has 6 nitrogen and oxygen atoms in total. The van der Waals surface area contributed by atoms with E-state index in [4.69, 9.17) is 0 Å². The molecule has 0 unspecified atom stereocenters. The van der Waals surface area contributed by atoms with Gasteiger partial charge in [-0.15, -0.1) is 5.11 Å². The fourth-order valence-electron chi connectivity index (χ4n) is 2.28. The molecule has 0 aliphatic rings. The van der Waals surface area contributed by atoms with E-state index in [1.54, 1.807) is 12.1 Å². The summed E-state index contributed by atoms with van der Waals surface area (Å²) in [6.07, 6.45) is 0.